The number of carbonyl (C=O) groups is 1. The number of nitrogens with one attached hydrogen (secondary N) is 2. The standard InChI is InChI=1S/C27H26F6N4O2/c28-26(29,30)25(27(31,32)33,39-17-19-4-1-2-5-19)20-7-9-21(10-8-20)37-24(38)22-6-3-13-35-23(22)36-16-18-11-14-34-15-12-18/h3,6-15,19H,1-2,4-5,16-17H2,(H,35,36)(H,37,38). The van der Waals surface area contributed by atoms with Crippen molar-refractivity contribution in [3.63, 3.8) is 0 Å². The van der Waals surface area contributed by atoms with E-state index in [1.807, 2.05) is 0 Å². The zero-order chi connectivity index (χ0) is 28.1. The molecule has 3 aromatic rings. The minimum atomic E-state index is -5.76. The lowest BCUT2D eigenvalue weighted by Crippen LogP contribution is -2.56. The Morgan fingerprint density at radius 1 is 0.897 bits per heavy atom. The number of benzene rings is 1. The number of rotatable bonds is 9. The van der Waals surface area contributed by atoms with E-state index in [2.05, 4.69) is 20.6 Å². The molecule has 1 aliphatic rings. The predicted octanol–water partition coefficient (Wildman–Crippen LogP) is 6.87. The molecule has 2 aromatic heterocycles. The number of ether oxygens (including phenoxy) is 1. The molecule has 1 saturated carbocycles. The van der Waals surface area contributed by atoms with E-state index in [0.29, 0.717) is 31.5 Å². The Bertz CT molecular complexity index is 1230. The van der Waals surface area contributed by atoms with Crippen LogP contribution in [0.5, 0.6) is 0 Å². The number of carbonyl (C=O) groups excluding carboxylic acids is 1. The Hall–Kier alpha value is -3.67. The van der Waals surface area contributed by atoms with Crippen LogP contribution in [0.3, 0.4) is 0 Å². The van der Waals surface area contributed by atoms with Crippen LogP contribution >= 0.6 is 0 Å². The monoisotopic (exact) mass is 552 g/mol. The van der Waals surface area contributed by atoms with Gasteiger partial charge in [-0.15, -0.1) is 0 Å². The fourth-order valence-corrected chi connectivity index (χ4v) is 4.56. The molecule has 0 unspecified atom stereocenters. The maximum Gasteiger partial charge on any atom is 0.430 e. The van der Waals surface area contributed by atoms with E-state index in [4.69, 9.17) is 4.74 Å². The molecule has 4 rings (SSSR count). The predicted molar refractivity (Wildman–Crippen MR) is 132 cm³/mol. The summed E-state index contributed by atoms with van der Waals surface area (Å²) in [5, 5.41) is 5.53. The van der Waals surface area contributed by atoms with Crippen LogP contribution in [-0.2, 0) is 16.9 Å². The number of halogens is 6. The first-order valence-electron chi connectivity index (χ1n) is 12.3. The minimum absolute atomic E-state index is 0.00160. The Kier molecular flexibility index (Phi) is 8.43. The maximum absolute atomic E-state index is 14.1. The number of aromatic nitrogens is 2. The van der Waals surface area contributed by atoms with Gasteiger partial charge in [-0.1, -0.05) is 25.0 Å². The fourth-order valence-electron chi connectivity index (χ4n) is 4.56. The summed E-state index contributed by atoms with van der Waals surface area (Å²) in [6, 6.07) is 9.89. The number of anilines is 2. The number of hydrogen-bond donors (Lipinski definition) is 2. The number of nitrogens with zero attached hydrogens (tertiary/aromatic N) is 2. The molecular weight excluding hydrogens is 526 g/mol. The number of hydrogen-bond acceptors (Lipinski definition) is 5. The van der Waals surface area contributed by atoms with Gasteiger partial charge in [0.2, 0.25) is 0 Å². The molecule has 0 radical (unpaired) electrons. The number of alkyl halides is 6. The first-order chi connectivity index (χ1) is 18.5. The van der Waals surface area contributed by atoms with Crippen molar-refractivity contribution >= 4 is 17.4 Å². The molecule has 12 heteroatoms. The van der Waals surface area contributed by atoms with Gasteiger partial charge in [0.05, 0.1) is 12.2 Å². The van der Waals surface area contributed by atoms with Gasteiger partial charge in [-0.25, -0.2) is 4.98 Å². The van der Waals surface area contributed by atoms with Crippen molar-refractivity contribution < 1.29 is 35.9 Å². The van der Waals surface area contributed by atoms with Gasteiger partial charge in [-0.2, -0.15) is 26.3 Å². The highest BCUT2D eigenvalue weighted by Crippen LogP contribution is 2.53. The van der Waals surface area contributed by atoms with Crippen LogP contribution in [0.15, 0.2) is 67.1 Å². The molecule has 1 aromatic carbocycles. The van der Waals surface area contributed by atoms with Crippen LogP contribution in [0.2, 0.25) is 0 Å². The summed E-state index contributed by atoms with van der Waals surface area (Å²) in [6.45, 7) is -0.319. The van der Waals surface area contributed by atoms with Crippen molar-refractivity contribution in [3.05, 3.63) is 83.8 Å². The second-order valence-electron chi connectivity index (χ2n) is 9.28. The topological polar surface area (TPSA) is 76.1 Å². The molecular formula is C27H26F6N4O2. The smallest absolute Gasteiger partial charge is 0.365 e. The molecule has 1 aliphatic carbocycles. The first-order valence-corrected chi connectivity index (χ1v) is 12.3. The Morgan fingerprint density at radius 2 is 1.54 bits per heavy atom. The van der Waals surface area contributed by atoms with E-state index in [-0.39, 0.29) is 23.0 Å². The summed E-state index contributed by atoms with van der Waals surface area (Å²) in [5.41, 5.74) is -4.58. The zero-order valence-electron chi connectivity index (χ0n) is 20.6. The summed E-state index contributed by atoms with van der Waals surface area (Å²) in [5.74, 6) is -0.770. The van der Waals surface area contributed by atoms with E-state index in [1.54, 1.807) is 24.5 Å². The minimum Gasteiger partial charge on any atom is -0.365 e. The van der Waals surface area contributed by atoms with Gasteiger partial charge in [0.15, 0.2) is 0 Å². The van der Waals surface area contributed by atoms with Gasteiger partial charge in [0.1, 0.15) is 5.82 Å². The summed E-state index contributed by atoms with van der Waals surface area (Å²) in [6.07, 6.45) is -4.32. The van der Waals surface area contributed by atoms with E-state index < -0.39 is 36.0 Å². The number of pyridine rings is 2. The molecule has 1 amide bonds. The third-order valence-electron chi connectivity index (χ3n) is 6.62. The van der Waals surface area contributed by atoms with Crippen molar-refractivity contribution in [3.8, 4) is 0 Å². The van der Waals surface area contributed by atoms with Gasteiger partial charge >= 0.3 is 12.4 Å². The molecule has 208 valence electrons. The van der Waals surface area contributed by atoms with Gasteiger partial charge in [0.25, 0.3) is 11.5 Å². The Morgan fingerprint density at radius 3 is 2.15 bits per heavy atom. The van der Waals surface area contributed by atoms with Crippen LogP contribution in [0.25, 0.3) is 0 Å². The highest BCUT2D eigenvalue weighted by molar-refractivity contribution is 6.07. The van der Waals surface area contributed by atoms with Crippen LogP contribution in [-0.4, -0.2) is 34.8 Å². The summed E-state index contributed by atoms with van der Waals surface area (Å²) in [4.78, 5) is 21.0. The van der Waals surface area contributed by atoms with Gasteiger partial charge in [0, 0.05) is 36.4 Å². The molecule has 2 N–H and O–H groups in total. The third-order valence-corrected chi connectivity index (χ3v) is 6.62. The average molecular weight is 553 g/mol. The average Bonchev–Trinajstić information content (AvgIpc) is 3.42. The van der Waals surface area contributed by atoms with Crippen molar-refractivity contribution in [2.24, 2.45) is 5.92 Å². The quantitative estimate of drug-likeness (QED) is 0.284. The normalized spacial score (nSPS) is 14.8. The maximum atomic E-state index is 14.1. The molecule has 0 spiro atoms. The third kappa shape index (κ3) is 6.32. The molecule has 0 bridgehead atoms. The van der Waals surface area contributed by atoms with Crippen molar-refractivity contribution in [2.45, 2.75) is 50.2 Å². The van der Waals surface area contributed by atoms with Gasteiger partial charge in [-0.3, -0.25) is 9.78 Å². The van der Waals surface area contributed by atoms with E-state index in [1.165, 1.54) is 18.3 Å². The second-order valence-corrected chi connectivity index (χ2v) is 9.28. The van der Waals surface area contributed by atoms with Crippen molar-refractivity contribution in [1.29, 1.82) is 0 Å². The lowest BCUT2D eigenvalue weighted by atomic mass is 9.91. The Balaban J connectivity index is 1.53. The fraction of sp³-hybridized carbons (Fsp3) is 0.370. The molecule has 2 heterocycles. The van der Waals surface area contributed by atoms with Crippen molar-refractivity contribution in [2.75, 3.05) is 17.2 Å². The van der Waals surface area contributed by atoms with Crippen LogP contribution in [0.4, 0.5) is 37.8 Å². The highest BCUT2D eigenvalue weighted by Gasteiger charge is 2.73. The Labute approximate surface area is 220 Å². The van der Waals surface area contributed by atoms with Crippen LogP contribution in [0, 0.1) is 5.92 Å². The molecule has 39 heavy (non-hydrogen) atoms. The van der Waals surface area contributed by atoms with Gasteiger partial charge in [-0.05, 0) is 60.7 Å². The summed E-state index contributed by atoms with van der Waals surface area (Å²) < 4.78 is 89.2. The summed E-state index contributed by atoms with van der Waals surface area (Å²) >= 11 is 0. The second kappa shape index (κ2) is 11.6. The summed E-state index contributed by atoms with van der Waals surface area (Å²) in [7, 11) is 0. The van der Waals surface area contributed by atoms with E-state index in [9.17, 15) is 31.1 Å². The van der Waals surface area contributed by atoms with Crippen LogP contribution in [0.1, 0.15) is 47.2 Å². The molecule has 0 atom stereocenters. The molecule has 0 aliphatic heterocycles. The molecule has 1 fully saturated rings. The lowest BCUT2D eigenvalue weighted by molar-refractivity contribution is -0.391. The highest BCUT2D eigenvalue weighted by atomic mass is 19.4. The molecule has 0 saturated heterocycles. The van der Waals surface area contributed by atoms with Crippen LogP contribution < -0.4 is 10.6 Å². The molecule has 6 nitrogen and oxygen atoms in total. The SMILES string of the molecule is O=C(Nc1ccc(C(OCC2CCCC2)(C(F)(F)F)C(F)(F)F)cc1)c1cccnc1NCc1ccncc1. The lowest BCUT2D eigenvalue weighted by Gasteiger charge is -2.38. The largest absolute Gasteiger partial charge is 0.430 e. The number of amides is 1. The van der Waals surface area contributed by atoms with E-state index in [0.717, 1.165) is 30.5 Å². The van der Waals surface area contributed by atoms with E-state index >= 15 is 0 Å². The van der Waals surface area contributed by atoms with Crippen molar-refractivity contribution in [1.82, 2.24) is 9.97 Å². The zero-order valence-corrected chi connectivity index (χ0v) is 20.6. The van der Waals surface area contributed by atoms with Gasteiger partial charge < -0.3 is 15.4 Å². The first kappa shape index (κ1) is 28.3.